The average Bonchev–Trinajstić information content (AvgIpc) is 3.21. The van der Waals surface area contributed by atoms with Crippen LogP contribution in [0.15, 0.2) is 24.3 Å². The summed E-state index contributed by atoms with van der Waals surface area (Å²) in [4.78, 5) is 35.2. The summed E-state index contributed by atoms with van der Waals surface area (Å²) >= 11 is 0. The third-order valence-corrected chi connectivity index (χ3v) is 3.40. The molecule has 2 rings (SSSR count). The topological polar surface area (TPSA) is 78.9 Å². The van der Waals surface area contributed by atoms with Gasteiger partial charge in [0.2, 0.25) is 5.41 Å². The highest BCUT2D eigenvalue weighted by Crippen LogP contribution is 2.54. The van der Waals surface area contributed by atoms with E-state index in [1.165, 1.54) is 27.2 Å². The van der Waals surface area contributed by atoms with Crippen molar-refractivity contribution in [1.82, 2.24) is 0 Å². The molecule has 0 amide bonds. The monoisotopic (exact) mass is 304 g/mol. The third-order valence-electron chi connectivity index (χ3n) is 3.40. The molecule has 1 aromatic carbocycles. The van der Waals surface area contributed by atoms with Gasteiger partial charge in [-0.3, -0.25) is 14.4 Å². The molecule has 0 fully saturated rings. The van der Waals surface area contributed by atoms with Gasteiger partial charge in [-0.1, -0.05) is 12.1 Å². The lowest BCUT2D eigenvalue weighted by Crippen LogP contribution is -2.31. The molecular formula is C16H16O6. The summed E-state index contributed by atoms with van der Waals surface area (Å²) in [6, 6.07) is 5.14. The van der Waals surface area contributed by atoms with Crippen LogP contribution in [0.1, 0.15) is 18.1 Å². The summed E-state index contributed by atoms with van der Waals surface area (Å²) in [5, 5.41) is 0. The Hall–Kier alpha value is -2.63. The van der Waals surface area contributed by atoms with Crippen molar-refractivity contribution >= 4 is 23.5 Å². The predicted molar refractivity (Wildman–Crippen MR) is 76.9 cm³/mol. The Balaban J connectivity index is 2.45. The van der Waals surface area contributed by atoms with E-state index in [2.05, 4.69) is 0 Å². The fourth-order valence-electron chi connectivity index (χ4n) is 2.31. The summed E-state index contributed by atoms with van der Waals surface area (Å²) in [6.45, 7) is 3.12. The molecule has 0 N–H and O–H groups in total. The van der Waals surface area contributed by atoms with E-state index in [-0.39, 0.29) is 5.75 Å². The lowest BCUT2D eigenvalue weighted by Gasteiger charge is -2.15. The Bertz CT molecular complexity index is 670. The lowest BCUT2D eigenvalue weighted by atomic mass is 9.95. The van der Waals surface area contributed by atoms with Gasteiger partial charge in [0.15, 0.2) is 0 Å². The molecule has 22 heavy (non-hydrogen) atoms. The summed E-state index contributed by atoms with van der Waals surface area (Å²) in [5.41, 5.74) is 0.204. The lowest BCUT2D eigenvalue weighted by molar-refractivity contribution is -0.158. The second kappa shape index (κ2) is 5.63. The quantitative estimate of drug-likeness (QED) is 0.478. The first-order valence-electron chi connectivity index (χ1n) is 6.56. The zero-order valence-corrected chi connectivity index (χ0v) is 12.8. The van der Waals surface area contributed by atoms with Gasteiger partial charge in [0.05, 0.1) is 14.2 Å². The molecule has 1 aliphatic rings. The van der Waals surface area contributed by atoms with Gasteiger partial charge in [-0.2, -0.15) is 0 Å². The fraction of sp³-hybridized carbons (Fsp3) is 0.312. The maximum atomic E-state index is 12.0. The van der Waals surface area contributed by atoms with E-state index in [0.29, 0.717) is 11.1 Å². The van der Waals surface area contributed by atoms with Crippen molar-refractivity contribution in [2.75, 3.05) is 14.2 Å². The number of benzene rings is 1. The average molecular weight is 304 g/mol. The van der Waals surface area contributed by atoms with Crippen molar-refractivity contribution in [3.63, 3.8) is 0 Å². The molecule has 0 bridgehead atoms. The maximum Gasteiger partial charge on any atom is 0.331 e. The number of carbonyl (C=O) groups excluding carboxylic acids is 3. The van der Waals surface area contributed by atoms with Crippen LogP contribution in [0.3, 0.4) is 0 Å². The smallest absolute Gasteiger partial charge is 0.331 e. The number of rotatable bonds is 4. The molecule has 1 aromatic rings. The standard InChI is InChI=1S/C16H16O6/c1-9-5-6-11(13(7-9)22-10(2)17)12-8-16(12,14(18)20-3)15(19)21-4/h5-8H,1-4H3. The first-order valence-corrected chi connectivity index (χ1v) is 6.56. The molecule has 0 saturated heterocycles. The molecular weight excluding hydrogens is 288 g/mol. The van der Waals surface area contributed by atoms with Crippen molar-refractivity contribution in [3.05, 3.63) is 35.4 Å². The second-order valence-corrected chi connectivity index (χ2v) is 4.94. The van der Waals surface area contributed by atoms with Gasteiger partial charge in [0.1, 0.15) is 5.75 Å². The minimum atomic E-state index is -1.56. The molecule has 0 aliphatic heterocycles. The van der Waals surface area contributed by atoms with Crippen molar-refractivity contribution in [1.29, 1.82) is 0 Å². The number of hydrogen-bond acceptors (Lipinski definition) is 6. The zero-order valence-electron chi connectivity index (χ0n) is 12.8. The molecule has 0 radical (unpaired) electrons. The van der Waals surface area contributed by atoms with Crippen LogP contribution in [-0.4, -0.2) is 32.1 Å². The van der Waals surface area contributed by atoms with E-state index in [1.807, 2.05) is 6.92 Å². The maximum absolute atomic E-state index is 12.0. The molecule has 0 saturated carbocycles. The number of esters is 3. The van der Waals surface area contributed by atoms with Gasteiger partial charge >= 0.3 is 17.9 Å². The van der Waals surface area contributed by atoms with Crippen LogP contribution in [0.25, 0.3) is 5.57 Å². The Morgan fingerprint density at radius 1 is 1.05 bits per heavy atom. The Morgan fingerprint density at radius 2 is 1.64 bits per heavy atom. The van der Waals surface area contributed by atoms with E-state index in [9.17, 15) is 14.4 Å². The summed E-state index contributed by atoms with van der Waals surface area (Å²) in [7, 11) is 2.39. The number of carbonyl (C=O) groups is 3. The second-order valence-electron chi connectivity index (χ2n) is 4.94. The minimum Gasteiger partial charge on any atom is -0.468 e. The van der Waals surface area contributed by atoms with E-state index in [4.69, 9.17) is 14.2 Å². The highest BCUT2D eigenvalue weighted by molar-refractivity contribution is 6.23. The summed E-state index contributed by atoms with van der Waals surface area (Å²) in [6.07, 6.45) is 1.45. The fourth-order valence-corrected chi connectivity index (χ4v) is 2.31. The number of methoxy groups -OCH3 is 2. The van der Waals surface area contributed by atoms with Crippen molar-refractivity contribution in [2.24, 2.45) is 5.41 Å². The van der Waals surface area contributed by atoms with Gasteiger partial charge in [0.25, 0.3) is 0 Å². The molecule has 1 aliphatic carbocycles. The molecule has 6 heteroatoms. The van der Waals surface area contributed by atoms with Gasteiger partial charge in [-0.25, -0.2) is 0 Å². The highest BCUT2D eigenvalue weighted by Gasteiger charge is 2.61. The Labute approximate surface area is 127 Å². The SMILES string of the molecule is COC(=O)C1(C(=O)OC)C=C1c1ccc(C)cc1OC(C)=O. The van der Waals surface area contributed by atoms with Crippen LogP contribution in [0.5, 0.6) is 5.75 Å². The van der Waals surface area contributed by atoms with Gasteiger partial charge in [-0.05, 0) is 30.2 Å². The molecule has 0 atom stereocenters. The molecule has 0 spiro atoms. The summed E-state index contributed by atoms with van der Waals surface area (Å²) in [5.74, 6) is -1.67. The highest BCUT2D eigenvalue weighted by atomic mass is 16.5. The van der Waals surface area contributed by atoms with E-state index in [0.717, 1.165) is 5.56 Å². The number of aryl methyl sites for hydroxylation is 1. The third kappa shape index (κ3) is 2.47. The molecule has 0 heterocycles. The van der Waals surface area contributed by atoms with Crippen molar-refractivity contribution < 1.29 is 28.6 Å². The van der Waals surface area contributed by atoms with Crippen LogP contribution >= 0.6 is 0 Å². The normalized spacial score (nSPS) is 14.6. The van der Waals surface area contributed by atoms with Gasteiger partial charge in [0, 0.05) is 12.5 Å². The van der Waals surface area contributed by atoms with E-state index in [1.54, 1.807) is 18.2 Å². The first-order chi connectivity index (χ1) is 10.4. The minimum absolute atomic E-state index is 0.286. The zero-order chi connectivity index (χ0) is 16.5. The number of hydrogen-bond donors (Lipinski definition) is 0. The Kier molecular flexibility index (Phi) is 4.03. The van der Waals surface area contributed by atoms with Crippen molar-refractivity contribution in [2.45, 2.75) is 13.8 Å². The van der Waals surface area contributed by atoms with Crippen LogP contribution in [-0.2, 0) is 23.9 Å². The van der Waals surface area contributed by atoms with Gasteiger partial charge < -0.3 is 14.2 Å². The first kappa shape index (κ1) is 15.8. The van der Waals surface area contributed by atoms with Gasteiger partial charge in [-0.15, -0.1) is 0 Å². The Morgan fingerprint density at radius 3 is 2.14 bits per heavy atom. The molecule has 0 aromatic heterocycles. The van der Waals surface area contributed by atoms with Crippen molar-refractivity contribution in [3.8, 4) is 5.75 Å². The predicted octanol–water partition coefficient (Wildman–Crippen LogP) is 1.65. The van der Waals surface area contributed by atoms with Crippen LogP contribution in [0.2, 0.25) is 0 Å². The summed E-state index contributed by atoms with van der Waals surface area (Å²) < 4.78 is 14.6. The van der Waals surface area contributed by atoms with Crippen LogP contribution in [0, 0.1) is 12.3 Å². The molecule has 0 unspecified atom stereocenters. The molecule has 6 nitrogen and oxygen atoms in total. The largest absolute Gasteiger partial charge is 0.468 e. The number of ether oxygens (including phenoxy) is 3. The molecule has 116 valence electrons. The van der Waals surface area contributed by atoms with Crippen LogP contribution < -0.4 is 4.74 Å². The van der Waals surface area contributed by atoms with E-state index >= 15 is 0 Å². The van der Waals surface area contributed by atoms with Crippen LogP contribution in [0.4, 0.5) is 0 Å². The van der Waals surface area contributed by atoms with E-state index < -0.39 is 23.3 Å².